The minimum Gasteiger partial charge on any atom is -0.462 e. The van der Waals surface area contributed by atoms with E-state index in [1.54, 1.807) is 0 Å². The number of carbonyl (C=O) groups excluding carboxylic acids is 2. The average Bonchev–Trinajstić information content (AvgIpc) is 2.89. The number of allylic oxidation sites excluding steroid dienone is 2. The van der Waals surface area contributed by atoms with E-state index in [0.29, 0.717) is 6.42 Å². The van der Waals surface area contributed by atoms with Crippen LogP contribution in [0.5, 0.6) is 0 Å². The molecule has 0 aromatic heterocycles. The van der Waals surface area contributed by atoms with Gasteiger partial charge in [0, 0.05) is 12.8 Å². The van der Waals surface area contributed by atoms with Gasteiger partial charge in [0.1, 0.15) is 6.61 Å². The Morgan fingerprint density at radius 3 is 1.56 bits per heavy atom. The van der Waals surface area contributed by atoms with Gasteiger partial charge in [0.05, 0.1) is 6.61 Å². The quantitative estimate of drug-likeness (QED) is 0.0413. The van der Waals surface area contributed by atoms with Crippen LogP contribution in [-0.4, -0.2) is 41.0 Å². The first kappa shape index (κ1) is 37.8. The van der Waals surface area contributed by atoms with E-state index in [4.69, 9.17) is 19.3 Å². The van der Waals surface area contributed by atoms with E-state index in [1.807, 2.05) is 0 Å². The van der Waals surface area contributed by atoms with Crippen molar-refractivity contribution in [2.24, 2.45) is 0 Å². The monoisotopic (exact) mass is 576 g/mol. The highest BCUT2D eigenvalue weighted by Gasteiger charge is 2.22. The van der Waals surface area contributed by atoms with Gasteiger partial charge in [0.25, 0.3) is 0 Å². The third kappa shape index (κ3) is 29.6. The summed E-state index contributed by atoms with van der Waals surface area (Å²) in [5.74, 6) is -0.901. The number of carbonyl (C=O) groups is 2. The summed E-state index contributed by atoms with van der Waals surface area (Å²) >= 11 is 0. The molecular weight excluding hydrogens is 519 g/mol. The van der Waals surface area contributed by atoms with Crippen LogP contribution in [0, 0.1) is 0 Å². The van der Waals surface area contributed by atoms with Gasteiger partial charge in [-0.15, -0.1) is 0 Å². The first-order valence-corrected chi connectivity index (χ1v) is 17.0. The summed E-state index contributed by atoms with van der Waals surface area (Å²) in [7, 11) is -4.73. The number of phosphoric ester groups is 1. The fourth-order valence-corrected chi connectivity index (χ4v) is 4.55. The lowest BCUT2D eigenvalue weighted by molar-refractivity contribution is -0.161. The van der Waals surface area contributed by atoms with E-state index in [-0.39, 0.29) is 19.4 Å². The molecule has 9 heteroatoms. The van der Waals surface area contributed by atoms with Crippen LogP contribution in [0.1, 0.15) is 149 Å². The van der Waals surface area contributed by atoms with Gasteiger partial charge in [0.15, 0.2) is 6.10 Å². The molecule has 0 aliphatic carbocycles. The first-order valence-electron chi connectivity index (χ1n) is 15.5. The summed E-state index contributed by atoms with van der Waals surface area (Å²) in [6, 6.07) is 0. The van der Waals surface area contributed by atoms with Crippen LogP contribution in [0.4, 0.5) is 0 Å². The molecule has 0 heterocycles. The summed E-state index contributed by atoms with van der Waals surface area (Å²) in [5, 5.41) is 0. The standard InChI is InChI=1S/C30H57O8P/c1-3-5-7-9-11-12-13-14-15-16-17-19-21-23-25-30(32)38-28(27-37-39(33,34)35)26-36-29(31)24-22-20-18-10-8-6-4-2/h13-14,28H,3-12,15-27H2,1-2H3,(H2,33,34,35)/b14-13-. The number of hydrogen-bond donors (Lipinski definition) is 2. The van der Waals surface area contributed by atoms with E-state index >= 15 is 0 Å². The van der Waals surface area contributed by atoms with Gasteiger partial charge in [-0.2, -0.15) is 0 Å². The van der Waals surface area contributed by atoms with Crippen molar-refractivity contribution in [3.8, 4) is 0 Å². The largest absolute Gasteiger partial charge is 0.469 e. The molecule has 0 aliphatic rings. The van der Waals surface area contributed by atoms with Crippen LogP contribution in [0.25, 0.3) is 0 Å². The van der Waals surface area contributed by atoms with Crippen LogP contribution >= 0.6 is 7.82 Å². The van der Waals surface area contributed by atoms with E-state index in [0.717, 1.165) is 57.8 Å². The number of phosphoric acid groups is 1. The zero-order valence-corrected chi connectivity index (χ0v) is 25.7. The number of rotatable bonds is 28. The molecule has 1 unspecified atom stereocenters. The minimum absolute atomic E-state index is 0.205. The number of esters is 2. The lowest BCUT2D eigenvalue weighted by Crippen LogP contribution is -2.29. The molecule has 0 saturated heterocycles. The second-order valence-corrected chi connectivity index (χ2v) is 11.7. The molecule has 0 aliphatic heterocycles. The van der Waals surface area contributed by atoms with Gasteiger partial charge in [-0.3, -0.25) is 14.1 Å². The van der Waals surface area contributed by atoms with Crippen molar-refractivity contribution in [3.63, 3.8) is 0 Å². The highest BCUT2D eigenvalue weighted by atomic mass is 31.2. The Kier molecular flexibility index (Phi) is 26.1. The molecule has 0 aromatic rings. The highest BCUT2D eigenvalue weighted by molar-refractivity contribution is 7.46. The average molecular weight is 577 g/mol. The number of hydrogen-bond acceptors (Lipinski definition) is 6. The van der Waals surface area contributed by atoms with Crippen molar-refractivity contribution in [2.75, 3.05) is 13.2 Å². The maximum absolute atomic E-state index is 12.2. The summed E-state index contributed by atoms with van der Waals surface area (Å²) in [6.45, 7) is 3.58. The van der Waals surface area contributed by atoms with Gasteiger partial charge >= 0.3 is 19.8 Å². The molecule has 8 nitrogen and oxygen atoms in total. The molecule has 0 radical (unpaired) electrons. The SMILES string of the molecule is CCCCCCC/C=C\CCCCCCCC(=O)OC(COC(=O)CCCCCCCCC)COP(=O)(O)O. The molecule has 0 saturated carbocycles. The van der Waals surface area contributed by atoms with E-state index < -0.39 is 32.5 Å². The maximum atomic E-state index is 12.2. The number of unbranched alkanes of at least 4 members (excludes halogenated alkanes) is 16. The molecule has 230 valence electrons. The van der Waals surface area contributed by atoms with Gasteiger partial charge in [-0.05, 0) is 38.5 Å². The zero-order valence-electron chi connectivity index (χ0n) is 24.8. The van der Waals surface area contributed by atoms with Crippen molar-refractivity contribution >= 4 is 19.8 Å². The lowest BCUT2D eigenvalue weighted by Gasteiger charge is -2.18. The van der Waals surface area contributed by atoms with Gasteiger partial charge < -0.3 is 19.3 Å². The van der Waals surface area contributed by atoms with Gasteiger partial charge in [-0.25, -0.2) is 4.57 Å². The Morgan fingerprint density at radius 1 is 0.641 bits per heavy atom. The fourth-order valence-electron chi connectivity index (χ4n) is 4.19. The van der Waals surface area contributed by atoms with Crippen molar-refractivity contribution in [3.05, 3.63) is 12.2 Å². The number of ether oxygens (including phenoxy) is 2. The maximum Gasteiger partial charge on any atom is 0.469 e. The molecule has 1 atom stereocenters. The molecule has 0 rings (SSSR count). The molecule has 0 fully saturated rings. The molecular formula is C30H57O8P. The van der Waals surface area contributed by atoms with Crippen LogP contribution in [-0.2, 0) is 28.2 Å². The summed E-state index contributed by atoms with van der Waals surface area (Å²) in [5.41, 5.74) is 0. The predicted octanol–water partition coefficient (Wildman–Crippen LogP) is 8.34. The minimum atomic E-state index is -4.73. The Hall–Kier alpha value is -1.21. The Morgan fingerprint density at radius 2 is 1.08 bits per heavy atom. The molecule has 0 spiro atoms. The van der Waals surface area contributed by atoms with Crippen molar-refractivity contribution in [2.45, 2.75) is 155 Å². The fraction of sp³-hybridized carbons (Fsp3) is 0.867. The van der Waals surface area contributed by atoms with Crippen LogP contribution < -0.4 is 0 Å². The molecule has 2 N–H and O–H groups in total. The van der Waals surface area contributed by atoms with Crippen molar-refractivity contribution in [1.29, 1.82) is 0 Å². The molecule has 0 aromatic carbocycles. The van der Waals surface area contributed by atoms with Crippen LogP contribution in [0.3, 0.4) is 0 Å². The third-order valence-corrected chi connectivity index (χ3v) is 7.02. The van der Waals surface area contributed by atoms with E-state index in [1.165, 1.54) is 57.8 Å². The van der Waals surface area contributed by atoms with Crippen molar-refractivity contribution in [1.82, 2.24) is 0 Å². The normalized spacial score (nSPS) is 12.6. The van der Waals surface area contributed by atoms with Crippen LogP contribution in [0.15, 0.2) is 12.2 Å². The Bertz CT molecular complexity index is 661. The van der Waals surface area contributed by atoms with Gasteiger partial charge in [0.2, 0.25) is 0 Å². The topological polar surface area (TPSA) is 119 Å². The smallest absolute Gasteiger partial charge is 0.462 e. The summed E-state index contributed by atoms with van der Waals surface area (Å²) in [4.78, 5) is 42.2. The molecule has 0 amide bonds. The summed E-state index contributed by atoms with van der Waals surface area (Å²) in [6.07, 6.45) is 25.3. The Balaban J connectivity index is 4.03. The summed E-state index contributed by atoms with van der Waals surface area (Å²) < 4.78 is 26.0. The zero-order chi connectivity index (χ0) is 29.0. The lowest BCUT2D eigenvalue weighted by atomic mass is 10.1. The Labute approximate surface area is 237 Å². The second-order valence-electron chi connectivity index (χ2n) is 10.4. The van der Waals surface area contributed by atoms with E-state index in [2.05, 4.69) is 30.5 Å². The third-order valence-electron chi connectivity index (χ3n) is 6.53. The first-order chi connectivity index (χ1) is 18.8. The van der Waals surface area contributed by atoms with Gasteiger partial charge in [-0.1, -0.05) is 109 Å². The molecule has 39 heavy (non-hydrogen) atoms. The van der Waals surface area contributed by atoms with E-state index in [9.17, 15) is 14.2 Å². The molecule has 0 bridgehead atoms. The second kappa shape index (κ2) is 27.0. The van der Waals surface area contributed by atoms with Crippen LogP contribution in [0.2, 0.25) is 0 Å². The van der Waals surface area contributed by atoms with Crippen molar-refractivity contribution < 1.29 is 37.9 Å². The predicted molar refractivity (Wildman–Crippen MR) is 156 cm³/mol. The highest BCUT2D eigenvalue weighted by Crippen LogP contribution is 2.35.